The highest BCUT2D eigenvalue weighted by molar-refractivity contribution is 5.63. The molecule has 0 atom stereocenters. The fourth-order valence-corrected chi connectivity index (χ4v) is 1.05. The van der Waals surface area contributed by atoms with Crippen molar-refractivity contribution < 1.29 is 9.84 Å². The molecule has 0 aromatic carbocycles. The zero-order valence-corrected chi connectivity index (χ0v) is 8.24. The van der Waals surface area contributed by atoms with Crippen molar-refractivity contribution in [3.8, 4) is 5.75 Å². The third kappa shape index (κ3) is 2.23. The van der Waals surface area contributed by atoms with Crippen LogP contribution in [0, 0.1) is 0 Å². The molecule has 0 aliphatic heterocycles. The summed E-state index contributed by atoms with van der Waals surface area (Å²) in [6, 6.07) is 0. The first-order chi connectivity index (χ1) is 6.83. The fraction of sp³-hybridized carbons (Fsp3) is 0.500. The van der Waals surface area contributed by atoms with Gasteiger partial charge in [0.2, 0.25) is 5.75 Å². The highest BCUT2D eigenvalue weighted by Crippen LogP contribution is 2.27. The smallest absolute Gasteiger partial charge is 0.204 e. The maximum atomic E-state index is 8.66. The van der Waals surface area contributed by atoms with Gasteiger partial charge in [-0.05, 0) is 0 Å². The molecule has 0 saturated carbocycles. The highest BCUT2D eigenvalue weighted by Gasteiger charge is 2.09. The molecule has 0 fully saturated rings. The van der Waals surface area contributed by atoms with Crippen molar-refractivity contribution in [1.29, 1.82) is 0 Å². The molecule has 1 heterocycles. The average molecular weight is 198 g/mol. The van der Waals surface area contributed by atoms with E-state index in [0.29, 0.717) is 23.9 Å². The maximum absolute atomic E-state index is 8.66. The van der Waals surface area contributed by atoms with E-state index in [0.717, 1.165) is 0 Å². The molecule has 0 saturated heterocycles. The minimum atomic E-state index is 0.0437. The number of aliphatic hydroxyl groups is 1. The van der Waals surface area contributed by atoms with Crippen molar-refractivity contribution in [3.63, 3.8) is 0 Å². The zero-order chi connectivity index (χ0) is 10.4. The van der Waals surface area contributed by atoms with Gasteiger partial charge in [-0.25, -0.2) is 9.97 Å². The first-order valence-corrected chi connectivity index (χ1v) is 4.25. The minimum Gasteiger partial charge on any atom is -0.490 e. The van der Waals surface area contributed by atoms with E-state index in [1.54, 1.807) is 14.2 Å². The second-order valence-electron chi connectivity index (χ2n) is 2.50. The van der Waals surface area contributed by atoms with Gasteiger partial charge in [0.1, 0.15) is 6.33 Å². The quantitative estimate of drug-likeness (QED) is 0.614. The molecule has 6 heteroatoms. The minimum absolute atomic E-state index is 0.0437. The Morgan fingerprint density at radius 1 is 1.43 bits per heavy atom. The lowest BCUT2D eigenvalue weighted by Gasteiger charge is -2.11. The first kappa shape index (κ1) is 10.5. The highest BCUT2D eigenvalue weighted by atomic mass is 16.5. The SMILES string of the molecule is CNc1ncnc(NCCO)c1OC. The van der Waals surface area contributed by atoms with E-state index in [1.165, 1.54) is 6.33 Å². The second kappa shape index (κ2) is 5.23. The summed E-state index contributed by atoms with van der Waals surface area (Å²) in [5, 5.41) is 14.5. The summed E-state index contributed by atoms with van der Waals surface area (Å²) in [5.74, 6) is 1.73. The molecule has 6 nitrogen and oxygen atoms in total. The van der Waals surface area contributed by atoms with Crippen LogP contribution in [-0.2, 0) is 0 Å². The van der Waals surface area contributed by atoms with Crippen LogP contribution in [0.4, 0.5) is 11.6 Å². The van der Waals surface area contributed by atoms with Gasteiger partial charge in [-0.15, -0.1) is 0 Å². The monoisotopic (exact) mass is 198 g/mol. The van der Waals surface area contributed by atoms with Crippen molar-refractivity contribution in [2.24, 2.45) is 0 Å². The molecule has 0 aliphatic carbocycles. The molecular weight excluding hydrogens is 184 g/mol. The van der Waals surface area contributed by atoms with E-state index >= 15 is 0 Å². The number of hydrogen-bond acceptors (Lipinski definition) is 6. The molecule has 1 aromatic rings. The van der Waals surface area contributed by atoms with Crippen molar-refractivity contribution in [1.82, 2.24) is 9.97 Å². The summed E-state index contributed by atoms with van der Waals surface area (Å²) in [7, 11) is 3.30. The van der Waals surface area contributed by atoms with Gasteiger partial charge >= 0.3 is 0 Å². The molecule has 0 aliphatic rings. The lowest BCUT2D eigenvalue weighted by Crippen LogP contribution is -2.10. The number of aromatic nitrogens is 2. The van der Waals surface area contributed by atoms with Crippen molar-refractivity contribution in [3.05, 3.63) is 6.33 Å². The molecule has 0 radical (unpaired) electrons. The summed E-state index contributed by atoms with van der Waals surface area (Å²) < 4.78 is 5.13. The number of hydrogen-bond donors (Lipinski definition) is 3. The van der Waals surface area contributed by atoms with Gasteiger partial charge in [-0.1, -0.05) is 0 Å². The normalized spacial score (nSPS) is 9.64. The van der Waals surface area contributed by atoms with E-state index in [4.69, 9.17) is 9.84 Å². The van der Waals surface area contributed by atoms with E-state index in [1.807, 2.05) is 0 Å². The van der Waals surface area contributed by atoms with Crippen molar-refractivity contribution in [2.75, 3.05) is 37.9 Å². The van der Waals surface area contributed by atoms with E-state index < -0.39 is 0 Å². The summed E-state index contributed by atoms with van der Waals surface area (Å²) in [6.45, 7) is 0.471. The number of methoxy groups -OCH3 is 1. The summed E-state index contributed by atoms with van der Waals surface area (Å²) in [4.78, 5) is 7.98. The topological polar surface area (TPSA) is 79.3 Å². The molecule has 14 heavy (non-hydrogen) atoms. The van der Waals surface area contributed by atoms with Crippen LogP contribution in [0.2, 0.25) is 0 Å². The van der Waals surface area contributed by atoms with Gasteiger partial charge in [0.05, 0.1) is 13.7 Å². The van der Waals surface area contributed by atoms with E-state index in [2.05, 4.69) is 20.6 Å². The molecule has 0 unspecified atom stereocenters. The number of aliphatic hydroxyl groups excluding tert-OH is 1. The zero-order valence-electron chi connectivity index (χ0n) is 8.24. The summed E-state index contributed by atoms with van der Waals surface area (Å²) in [5.41, 5.74) is 0. The molecule has 1 aromatic heterocycles. The number of ether oxygens (including phenoxy) is 1. The van der Waals surface area contributed by atoms with Crippen LogP contribution in [0.5, 0.6) is 5.75 Å². The Bertz CT molecular complexity index is 293. The Labute approximate surface area is 82.3 Å². The molecular formula is C8H14N4O2. The molecule has 0 spiro atoms. The Hall–Kier alpha value is -1.56. The predicted molar refractivity (Wildman–Crippen MR) is 53.7 cm³/mol. The largest absolute Gasteiger partial charge is 0.490 e. The van der Waals surface area contributed by atoms with Crippen LogP contribution in [0.1, 0.15) is 0 Å². The van der Waals surface area contributed by atoms with E-state index in [9.17, 15) is 0 Å². The second-order valence-corrected chi connectivity index (χ2v) is 2.50. The molecule has 3 N–H and O–H groups in total. The van der Waals surface area contributed by atoms with Crippen LogP contribution in [0.25, 0.3) is 0 Å². The van der Waals surface area contributed by atoms with Crippen molar-refractivity contribution in [2.45, 2.75) is 0 Å². The fourth-order valence-electron chi connectivity index (χ4n) is 1.05. The number of anilines is 2. The summed E-state index contributed by atoms with van der Waals surface area (Å²) >= 11 is 0. The van der Waals surface area contributed by atoms with Gasteiger partial charge in [-0.2, -0.15) is 0 Å². The maximum Gasteiger partial charge on any atom is 0.204 e. The number of nitrogens with one attached hydrogen (secondary N) is 2. The summed E-state index contributed by atoms with van der Waals surface area (Å²) in [6.07, 6.45) is 1.42. The Balaban J connectivity index is 2.90. The van der Waals surface area contributed by atoms with Gasteiger partial charge in [-0.3, -0.25) is 0 Å². The standard InChI is InChI=1S/C8H14N4O2/c1-9-7-6(14-2)8(10-3-4-13)12-5-11-7/h5,13H,3-4H2,1-2H3,(H2,9,10,11,12). The molecule has 0 amide bonds. The Kier molecular flexibility index (Phi) is 3.93. The Morgan fingerprint density at radius 2 is 2.14 bits per heavy atom. The first-order valence-electron chi connectivity index (χ1n) is 4.25. The molecule has 78 valence electrons. The van der Waals surface area contributed by atoms with Crippen LogP contribution in [0.3, 0.4) is 0 Å². The number of rotatable bonds is 5. The van der Waals surface area contributed by atoms with Crippen LogP contribution in [-0.4, -0.2) is 42.4 Å². The third-order valence-electron chi connectivity index (χ3n) is 1.65. The lowest BCUT2D eigenvalue weighted by atomic mass is 10.4. The average Bonchev–Trinajstić information content (AvgIpc) is 2.25. The predicted octanol–water partition coefficient (Wildman–Crippen LogP) is -0.0689. The van der Waals surface area contributed by atoms with Crippen LogP contribution >= 0.6 is 0 Å². The van der Waals surface area contributed by atoms with Gasteiger partial charge in [0, 0.05) is 13.6 Å². The Morgan fingerprint density at radius 3 is 2.71 bits per heavy atom. The molecule has 1 rings (SSSR count). The van der Waals surface area contributed by atoms with Gasteiger partial charge < -0.3 is 20.5 Å². The van der Waals surface area contributed by atoms with Gasteiger partial charge in [0.15, 0.2) is 11.6 Å². The van der Waals surface area contributed by atoms with E-state index in [-0.39, 0.29) is 6.61 Å². The van der Waals surface area contributed by atoms with Crippen LogP contribution < -0.4 is 15.4 Å². The number of nitrogens with zero attached hydrogens (tertiary/aromatic N) is 2. The lowest BCUT2D eigenvalue weighted by molar-refractivity contribution is 0.310. The molecule has 0 bridgehead atoms. The van der Waals surface area contributed by atoms with Crippen LogP contribution in [0.15, 0.2) is 6.33 Å². The third-order valence-corrected chi connectivity index (χ3v) is 1.65. The van der Waals surface area contributed by atoms with Crippen molar-refractivity contribution >= 4 is 11.6 Å². The van der Waals surface area contributed by atoms with Gasteiger partial charge in [0.25, 0.3) is 0 Å².